The number of hydrogen-bond acceptors (Lipinski definition) is 2. The van der Waals surface area contributed by atoms with Crippen molar-refractivity contribution in [3.05, 3.63) is 25.1 Å². The molecule has 12 heavy (non-hydrogen) atoms. The molecule has 70 valence electrons. The first kappa shape index (κ1) is 11.1. The second-order valence-corrected chi connectivity index (χ2v) is 2.97. The first-order valence-electron chi connectivity index (χ1n) is 4.49. The molecule has 2 N–H and O–H groups in total. The Hall–Kier alpha value is -0.920. The summed E-state index contributed by atoms with van der Waals surface area (Å²) in [5.74, 6) is 0.453. The maximum Gasteiger partial charge on any atom is 0.0221 e. The number of hydrogen-bond donors (Lipinski definition) is 2. The zero-order valence-electron chi connectivity index (χ0n) is 8.19. The third kappa shape index (κ3) is 4.83. The summed E-state index contributed by atoms with van der Waals surface area (Å²) < 4.78 is 0. The molecule has 1 unspecified atom stereocenters. The van der Waals surface area contributed by atoms with Gasteiger partial charge in [-0.05, 0) is 12.6 Å². The second kappa shape index (κ2) is 6.77. The standard InChI is InChI=1S/C10H20N2/c1-5-7-12-10(4)9(3)8-11-6-2/h6,9,11-12H,2,4-5,7-8H2,1,3H3. The zero-order valence-corrected chi connectivity index (χ0v) is 8.19. The van der Waals surface area contributed by atoms with Crippen LogP contribution in [-0.2, 0) is 0 Å². The number of nitrogens with one attached hydrogen (secondary N) is 2. The van der Waals surface area contributed by atoms with Gasteiger partial charge in [0.15, 0.2) is 0 Å². The van der Waals surface area contributed by atoms with E-state index in [0.717, 1.165) is 25.2 Å². The Bertz CT molecular complexity index is 141. The largest absolute Gasteiger partial charge is 0.391 e. The first-order valence-corrected chi connectivity index (χ1v) is 4.49. The van der Waals surface area contributed by atoms with Crippen LogP contribution in [0.15, 0.2) is 25.1 Å². The highest BCUT2D eigenvalue weighted by Crippen LogP contribution is 2.02. The molecule has 0 saturated carbocycles. The Balaban J connectivity index is 3.53. The van der Waals surface area contributed by atoms with Gasteiger partial charge in [0, 0.05) is 24.7 Å². The predicted octanol–water partition coefficient (Wildman–Crippen LogP) is 1.87. The molecule has 2 heteroatoms. The molecule has 0 amide bonds. The normalized spacial score (nSPS) is 11.8. The van der Waals surface area contributed by atoms with Crippen molar-refractivity contribution in [1.29, 1.82) is 0 Å². The topological polar surface area (TPSA) is 24.1 Å². The summed E-state index contributed by atoms with van der Waals surface area (Å²) in [6, 6.07) is 0. The molecule has 0 saturated heterocycles. The minimum Gasteiger partial charge on any atom is -0.391 e. The lowest BCUT2D eigenvalue weighted by molar-refractivity contribution is 0.580. The van der Waals surface area contributed by atoms with Gasteiger partial charge in [0.2, 0.25) is 0 Å². The van der Waals surface area contributed by atoms with Gasteiger partial charge < -0.3 is 10.6 Å². The highest BCUT2D eigenvalue weighted by Gasteiger charge is 2.03. The van der Waals surface area contributed by atoms with Crippen molar-refractivity contribution in [2.24, 2.45) is 5.92 Å². The fourth-order valence-electron chi connectivity index (χ4n) is 0.843. The Morgan fingerprint density at radius 1 is 1.58 bits per heavy atom. The van der Waals surface area contributed by atoms with Gasteiger partial charge in [0.25, 0.3) is 0 Å². The molecular weight excluding hydrogens is 148 g/mol. The average Bonchev–Trinajstić information content (AvgIpc) is 2.10. The van der Waals surface area contributed by atoms with E-state index in [2.05, 4.69) is 37.6 Å². The van der Waals surface area contributed by atoms with Crippen LogP contribution in [0.4, 0.5) is 0 Å². The molecule has 0 aromatic rings. The molecule has 1 atom stereocenters. The van der Waals surface area contributed by atoms with Gasteiger partial charge in [-0.15, -0.1) is 0 Å². The van der Waals surface area contributed by atoms with E-state index in [-0.39, 0.29) is 0 Å². The summed E-state index contributed by atoms with van der Waals surface area (Å²) in [6.45, 7) is 13.8. The van der Waals surface area contributed by atoms with Crippen LogP contribution in [0.5, 0.6) is 0 Å². The van der Waals surface area contributed by atoms with Crippen LogP contribution in [0.25, 0.3) is 0 Å². The first-order chi connectivity index (χ1) is 5.72. The van der Waals surface area contributed by atoms with Crippen molar-refractivity contribution in [3.63, 3.8) is 0 Å². The van der Waals surface area contributed by atoms with E-state index in [1.54, 1.807) is 6.20 Å². The molecule has 2 nitrogen and oxygen atoms in total. The van der Waals surface area contributed by atoms with Crippen molar-refractivity contribution in [1.82, 2.24) is 10.6 Å². The molecule has 0 radical (unpaired) electrons. The van der Waals surface area contributed by atoms with Gasteiger partial charge in [-0.1, -0.05) is 27.0 Å². The van der Waals surface area contributed by atoms with E-state index in [9.17, 15) is 0 Å². The van der Waals surface area contributed by atoms with Gasteiger partial charge in [-0.25, -0.2) is 0 Å². The monoisotopic (exact) mass is 168 g/mol. The molecule has 0 bridgehead atoms. The van der Waals surface area contributed by atoms with Crippen LogP contribution in [0.1, 0.15) is 20.3 Å². The van der Waals surface area contributed by atoms with Crippen molar-refractivity contribution < 1.29 is 0 Å². The lowest BCUT2D eigenvalue weighted by atomic mass is 10.1. The molecule has 0 aliphatic heterocycles. The summed E-state index contributed by atoms with van der Waals surface area (Å²) in [5.41, 5.74) is 1.10. The third-order valence-electron chi connectivity index (χ3n) is 1.77. The molecular formula is C10H20N2. The molecule has 0 aliphatic rings. The van der Waals surface area contributed by atoms with Crippen molar-refractivity contribution in [2.75, 3.05) is 13.1 Å². The lowest BCUT2D eigenvalue weighted by Gasteiger charge is -2.16. The minimum atomic E-state index is 0.453. The van der Waals surface area contributed by atoms with Gasteiger partial charge in [0.05, 0.1) is 0 Å². The van der Waals surface area contributed by atoms with Gasteiger partial charge in [-0.3, -0.25) is 0 Å². The van der Waals surface area contributed by atoms with Crippen molar-refractivity contribution in [3.8, 4) is 0 Å². The Morgan fingerprint density at radius 3 is 2.75 bits per heavy atom. The Kier molecular flexibility index (Phi) is 6.25. The quantitative estimate of drug-likeness (QED) is 0.606. The maximum absolute atomic E-state index is 3.96. The smallest absolute Gasteiger partial charge is 0.0221 e. The van der Waals surface area contributed by atoms with Crippen LogP contribution >= 0.6 is 0 Å². The van der Waals surface area contributed by atoms with E-state index < -0.39 is 0 Å². The molecule has 0 fully saturated rings. The van der Waals surface area contributed by atoms with E-state index >= 15 is 0 Å². The Labute approximate surface area is 75.7 Å². The zero-order chi connectivity index (χ0) is 9.40. The fourth-order valence-corrected chi connectivity index (χ4v) is 0.843. The SMILES string of the molecule is C=CNCC(C)C(=C)NCCC. The number of rotatable bonds is 7. The van der Waals surface area contributed by atoms with Crippen LogP contribution < -0.4 is 10.6 Å². The molecule has 0 heterocycles. The highest BCUT2D eigenvalue weighted by atomic mass is 14.9. The molecule has 0 spiro atoms. The van der Waals surface area contributed by atoms with Crippen LogP contribution in [0, 0.1) is 5.92 Å². The van der Waals surface area contributed by atoms with E-state index in [1.165, 1.54) is 0 Å². The van der Waals surface area contributed by atoms with Crippen LogP contribution in [-0.4, -0.2) is 13.1 Å². The van der Waals surface area contributed by atoms with Gasteiger partial charge >= 0.3 is 0 Å². The minimum absolute atomic E-state index is 0.453. The molecule has 0 rings (SSSR count). The predicted molar refractivity (Wildman–Crippen MR) is 54.8 cm³/mol. The summed E-state index contributed by atoms with van der Waals surface area (Å²) in [5, 5.41) is 6.34. The second-order valence-electron chi connectivity index (χ2n) is 2.97. The summed E-state index contributed by atoms with van der Waals surface area (Å²) in [4.78, 5) is 0. The van der Waals surface area contributed by atoms with Crippen LogP contribution in [0.3, 0.4) is 0 Å². The van der Waals surface area contributed by atoms with E-state index in [0.29, 0.717) is 5.92 Å². The van der Waals surface area contributed by atoms with Crippen molar-refractivity contribution >= 4 is 0 Å². The third-order valence-corrected chi connectivity index (χ3v) is 1.77. The van der Waals surface area contributed by atoms with E-state index in [1.807, 2.05) is 0 Å². The lowest BCUT2D eigenvalue weighted by Crippen LogP contribution is -2.25. The van der Waals surface area contributed by atoms with E-state index in [4.69, 9.17) is 0 Å². The summed E-state index contributed by atoms with van der Waals surface area (Å²) in [7, 11) is 0. The maximum atomic E-state index is 3.96. The molecule has 0 aliphatic carbocycles. The molecule has 0 aromatic carbocycles. The van der Waals surface area contributed by atoms with Crippen LogP contribution in [0.2, 0.25) is 0 Å². The summed E-state index contributed by atoms with van der Waals surface area (Å²) in [6.07, 6.45) is 2.85. The van der Waals surface area contributed by atoms with Gasteiger partial charge in [-0.2, -0.15) is 0 Å². The molecule has 0 aromatic heterocycles. The Morgan fingerprint density at radius 2 is 2.25 bits per heavy atom. The summed E-state index contributed by atoms with van der Waals surface area (Å²) >= 11 is 0. The highest BCUT2D eigenvalue weighted by molar-refractivity contribution is 4.97. The fraction of sp³-hybridized carbons (Fsp3) is 0.600. The van der Waals surface area contributed by atoms with Crippen molar-refractivity contribution in [2.45, 2.75) is 20.3 Å². The average molecular weight is 168 g/mol. The van der Waals surface area contributed by atoms with Gasteiger partial charge in [0.1, 0.15) is 0 Å².